The van der Waals surface area contributed by atoms with Crippen molar-refractivity contribution in [3.05, 3.63) is 50.1 Å². The largest absolute Gasteiger partial charge is 0.465 e. The predicted molar refractivity (Wildman–Crippen MR) is 91.2 cm³/mol. The number of hydrogen-bond acceptors (Lipinski definition) is 7. The van der Waals surface area contributed by atoms with E-state index in [1.54, 1.807) is 22.7 Å². The van der Waals surface area contributed by atoms with Gasteiger partial charge in [-0.2, -0.15) is 5.26 Å². The summed E-state index contributed by atoms with van der Waals surface area (Å²) in [6, 6.07) is 5.62. The molecule has 3 aromatic rings. The molecule has 0 N–H and O–H groups in total. The summed E-state index contributed by atoms with van der Waals surface area (Å²) in [5, 5.41) is 9.55. The molecule has 0 aliphatic rings. The molecule has 0 bridgehead atoms. The second kappa shape index (κ2) is 6.03. The first kappa shape index (κ1) is 16.7. The van der Waals surface area contributed by atoms with Crippen molar-refractivity contribution in [2.75, 3.05) is 14.2 Å². The zero-order valence-corrected chi connectivity index (χ0v) is 14.4. The highest BCUT2D eigenvalue weighted by Crippen LogP contribution is 2.31. The van der Waals surface area contributed by atoms with E-state index in [1.165, 1.54) is 0 Å². The lowest BCUT2D eigenvalue weighted by molar-refractivity contribution is 0.0558. The van der Waals surface area contributed by atoms with Crippen LogP contribution in [0.4, 0.5) is 0 Å². The summed E-state index contributed by atoms with van der Waals surface area (Å²) >= 11 is 0.868. The molecule has 8 heteroatoms. The van der Waals surface area contributed by atoms with Gasteiger partial charge < -0.3 is 13.9 Å². The Bertz CT molecular complexity index is 1150. The Hall–Kier alpha value is -3.18. The molecule has 3 rings (SSSR count). The van der Waals surface area contributed by atoms with Gasteiger partial charge in [0, 0.05) is 6.20 Å². The maximum atomic E-state index is 13.0. The van der Waals surface area contributed by atoms with E-state index in [2.05, 4.69) is 15.5 Å². The number of esters is 2. The van der Waals surface area contributed by atoms with E-state index in [4.69, 9.17) is 0 Å². The second-order valence-electron chi connectivity index (χ2n) is 5.24. The third kappa shape index (κ3) is 2.37. The van der Waals surface area contributed by atoms with Crippen molar-refractivity contribution in [1.29, 1.82) is 5.26 Å². The van der Waals surface area contributed by atoms with Crippen LogP contribution in [0, 0.1) is 18.3 Å². The van der Waals surface area contributed by atoms with E-state index < -0.39 is 22.9 Å². The van der Waals surface area contributed by atoms with Gasteiger partial charge in [-0.05, 0) is 24.6 Å². The zero-order valence-electron chi connectivity index (χ0n) is 13.6. The number of carbonyl (C=O) groups is 2. The van der Waals surface area contributed by atoms with Gasteiger partial charge in [0.2, 0.25) is 5.43 Å². The first-order chi connectivity index (χ1) is 11.9. The molecule has 0 aliphatic carbocycles. The molecule has 0 aromatic carbocycles. The standard InChI is InChI=1S/C17H12N2O5S/c1-8-4-5-19-10(6-8)9(7-18)14-12(19)13(20)11(16(21)23-2)15(25-14)17(22)24-3/h4-6H,1-3H3. The van der Waals surface area contributed by atoms with Crippen LogP contribution in [0.3, 0.4) is 0 Å². The summed E-state index contributed by atoms with van der Waals surface area (Å²) in [7, 11) is 2.27. The summed E-state index contributed by atoms with van der Waals surface area (Å²) in [6.45, 7) is 1.86. The van der Waals surface area contributed by atoms with E-state index in [-0.39, 0.29) is 16.0 Å². The minimum Gasteiger partial charge on any atom is -0.465 e. The zero-order chi connectivity index (χ0) is 18.3. The Balaban J connectivity index is 2.61. The van der Waals surface area contributed by atoms with Crippen LogP contribution in [-0.2, 0) is 9.47 Å². The molecule has 0 saturated heterocycles. The Morgan fingerprint density at radius 1 is 1.24 bits per heavy atom. The van der Waals surface area contributed by atoms with Gasteiger partial charge in [0.1, 0.15) is 22.0 Å². The van der Waals surface area contributed by atoms with Gasteiger partial charge >= 0.3 is 11.9 Å². The summed E-state index contributed by atoms with van der Waals surface area (Å²) < 4.78 is 11.2. The smallest absolute Gasteiger partial charge is 0.349 e. The van der Waals surface area contributed by atoms with Crippen LogP contribution < -0.4 is 5.43 Å². The minimum atomic E-state index is -0.927. The molecule has 3 aromatic heterocycles. The van der Waals surface area contributed by atoms with Crippen LogP contribution in [0.25, 0.3) is 15.7 Å². The van der Waals surface area contributed by atoms with E-state index in [9.17, 15) is 19.6 Å². The highest BCUT2D eigenvalue weighted by atomic mass is 32.1. The number of aryl methyl sites for hydroxylation is 1. The maximum absolute atomic E-state index is 13.0. The van der Waals surface area contributed by atoms with Crippen molar-refractivity contribution in [1.82, 2.24) is 4.40 Å². The van der Waals surface area contributed by atoms with Crippen LogP contribution >= 0.6 is 11.3 Å². The molecule has 0 unspecified atom stereocenters. The molecule has 126 valence electrons. The molecule has 0 amide bonds. The third-order valence-electron chi connectivity index (χ3n) is 3.80. The average Bonchev–Trinajstić information content (AvgIpc) is 2.92. The number of aromatic nitrogens is 1. The number of rotatable bonds is 2. The number of carbonyl (C=O) groups excluding carboxylic acids is 2. The highest BCUT2D eigenvalue weighted by molar-refractivity contribution is 7.20. The van der Waals surface area contributed by atoms with Crippen molar-refractivity contribution in [3.63, 3.8) is 0 Å². The number of methoxy groups -OCH3 is 2. The lowest BCUT2D eigenvalue weighted by Crippen LogP contribution is -2.22. The topological polar surface area (TPSA) is 97.9 Å². The molecule has 25 heavy (non-hydrogen) atoms. The molecule has 0 atom stereocenters. The summed E-state index contributed by atoms with van der Waals surface area (Å²) in [4.78, 5) is 36.9. The Labute approximate surface area is 145 Å². The van der Waals surface area contributed by atoms with Gasteiger partial charge in [0.15, 0.2) is 0 Å². The number of ether oxygens (including phenoxy) is 2. The summed E-state index contributed by atoms with van der Waals surface area (Å²) in [5.74, 6) is -1.76. The predicted octanol–water partition coefficient (Wildman–Crippen LogP) is 2.27. The Morgan fingerprint density at radius 2 is 1.92 bits per heavy atom. The summed E-state index contributed by atoms with van der Waals surface area (Å²) in [5.41, 5.74) is 0.791. The fourth-order valence-electron chi connectivity index (χ4n) is 2.66. The second-order valence-corrected chi connectivity index (χ2v) is 6.26. The molecule has 0 saturated carbocycles. The average molecular weight is 356 g/mol. The van der Waals surface area contributed by atoms with E-state index in [1.807, 2.05) is 6.92 Å². The fraction of sp³-hybridized carbons (Fsp3) is 0.176. The van der Waals surface area contributed by atoms with Gasteiger partial charge in [-0.1, -0.05) is 0 Å². The van der Waals surface area contributed by atoms with Crippen molar-refractivity contribution < 1.29 is 19.1 Å². The lowest BCUT2D eigenvalue weighted by atomic mass is 10.2. The minimum absolute atomic E-state index is 0.157. The fourth-order valence-corrected chi connectivity index (χ4v) is 3.84. The van der Waals surface area contributed by atoms with Crippen molar-refractivity contribution in [2.24, 2.45) is 0 Å². The number of pyridine rings is 1. The van der Waals surface area contributed by atoms with Crippen molar-refractivity contribution in [3.8, 4) is 6.07 Å². The van der Waals surface area contributed by atoms with Crippen LogP contribution in [0.15, 0.2) is 23.1 Å². The molecule has 3 heterocycles. The first-order valence-corrected chi connectivity index (χ1v) is 7.94. The van der Waals surface area contributed by atoms with Crippen LogP contribution in [-0.4, -0.2) is 30.6 Å². The molecule has 0 spiro atoms. The maximum Gasteiger partial charge on any atom is 0.349 e. The van der Waals surface area contributed by atoms with Crippen molar-refractivity contribution in [2.45, 2.75) is 6.92 Å². The number of hydrogen-bond donors (Lipinski definition) is 0. The summed E-state index contributed by atoms with van der Waals surface area (Å²) in [6.07, 6.45) is 1.65. The monoisotopic (exact) mass is 356 g/mol. The Morgan fingerprint density at radius 3 is 2.52 bits per heavy atom. The molecule has 0 aliphatic heterocycles. The molecule has 0 radical (unpaired) electrons. The van der Waals surface area contributed by atoms with Gasteiger partial charge in [-0.15, -0.1) is 11.3 Å². The highest BCUT2D eigenvalue weighted by Gasteiger charge is 2.28. The van der Waals surface area contributed by atoms with Gasteiger partial charge in [-0.25, -0.2) is 9.59 Å². The quantitative estimate of drug-likeness (QED) is 0.653. The van der Waals surface area contributed by atoms with Gasteiger partial charge in [-0.3, -0.25) is 4.79 Å². The van der Waals surface area contributed by atoms with Crippen LogP contribution in [0.5, 0.6) is 0 Å². The molecular formula is C17H12N2O5S. The molecular weight excluding hydrogens is 344 g/mol. The number of fused-ring (bicyclic) bond motifs is 3. The van der Waals surface area contributed by atoms with E-state index >= 15 is 0 Å². The van der Waals surface area contributed by atoms with Crippen LogP contribution in [0.1, 0.15) is 31.2 Å². The van der Waals surface area contributed by atoms with Gasteiger partial charge in [0.25, 0.3) is 0 Å². The SMILES string of the molecule is COC(=O)c1sc2c(C#N)c3cc(C)ccn3c2c(=O)c1C(=O)OC. The third-order valence-corrected chi connectivity index (χ3v) is 4.97. The molecule has 0 fully saturated rings. The first-order valence-electron chi connectivity index (χ1n) is 7.12. The normalized spacial score (nSPS) is 10.6. The number of nitrogens with zero attached hydrogens (tertiary/aromatic N) is 2. The molecule has 7 nitrogen and oxygen atoms in total. The Kier molecular flexibility index (Phi) is 4.02. The van der Waals surface area contributed by atoms with E-state index in [0.29, 0.717) is 10.2 Å². The number of nitriles is 1. The lowest BCUT2D eigenvalue weighted by Gasteiger charge is -2.05. The van der Waals surface area contributed by atoms with Crippen LogP contribution in [0.2, 0.25) is 0 Å². The van der Waals surface area contributed by atoms with E-state index in [0.717, 1.165) is 31.1 Å². The van der Waals surface area contributed by atoms with Gasteiger partial charge in [0.05, 0.1) is 30.0 Å². The van der Waals surface area contributed by atoms with Crippen molar-refractivity contribution >= 4 is 39.0 Å².